The summed E-state index contributed by atoms with van der Waals surface area (Å²) in [6.07, 6.45) is 2.27. The van der Waals surface area contributed by atoms with E-state index in [1.54, 1.807) is 16.7 Å². The molecule has 0 saturated carbocycles. The molecule has 3 aromatic rings. The molecular weight excluding hydrogens is 428 g/mol. The Morgan fingerprint density at radius 3 is 2.53 bits per heavy atom. The lowest BCUT2D eigenvalue weighted by Gasteiger charge is -2.15. The van der Waals surface area contributed by atoms with Gasteiger partial charge in [0.25, 0.3) is 5.56 Å². The molecule has 1 aromatic carbocycles. The van der Waals surface area contributed by atoms with Gasteiger partial charge in [0.05, 0.1) is 5.75 Å². The minimum atomic E-state index is -0.583. The minimum absolute atomic E-state index is 0.0728. The van der Waals surface area contributed by atoms with Crippen molar-refractivity contribution >= 4 is 29.3 Å². The Labute approximate surface area is 180 Å². The summed E-state index contributed by atoms with van der Waals surface area (Å²) >= 11 is 7.32. The van der Waals surface area contributed by atoms with E-state index < -0.39 is 11.2 Å². The van der Waals surface area contributed by atoms with Crippen LogP contribution in [0.3, 0.4) is 0 Å². The molecule has 0 radical (unpaired) electrons. The second kappa shape index (κ2) is 8.88. The molecule has 0 aliphatic carbocycles. The molecular formula is C19H19ClN6O3S. The fourth-order valence-electron chi connectivity index (χ4n) is 3.33. The summed E-state index contributed by atoms with van der Waals surface area (Å²) in [5.74, 6) is 0.853. The van der Waals surface area contributed by atoms with Crippen LogP contribution < -0.4 is 11.2 Å². The Morgan fingerprint density at radius 1 is 1.10 bits per heavy atom. The van der Waals surface area contributed by atoms with Gasteiger partial charge in [0.15, 0.2) is 5.16 Å². The second-order valence-electron chi connectivity index (χ2n) is 6.88. The summed E-state index contributed by atoms with van der Waals surface area (Å²) in [4.78, 5) is 42.2. The highest BCUT2D eigenvalue weighted by molar-refractivity contribution is 7.99. The smallest absolute Gasteiger partial charge is 0.325 e. The second-order valence-corrected chi connectivity index (χ2v) is 8.26. The number of likely N-dealkylation sites (tertiary alicyclic amines) is 1. The van der Waals surface area contributed by atoms with Crippen LogP contribution in [0.25, 0.3) is 5.69 Å². The third kappa shape index (κ3) is 4.65. The van der Waals surface area contributed by atoms with Crippen molar-refractivity contribution in [3.8, 4) is 5.69 Å². The summed E-state index contributed by atoms with van der Waals surface area (Å²) < 4.78 is 1.80. The highest BCUT2D eigenvalue weighted by atomic mass is 35.5. The summed E-state index contributed by atoms with van der Waals surface area (Å²) in [6.45, 7) is 1.59. The fourth-order valence-corrected chi connectivity index (χ4v) is 4.33. The Bertz CT molecular complexity index is 1140. The lowest BCUT2D eigenvalue weighted by molar-refractivity contribution is -0.127. The highest BCUT2D eigenvalue weighted by Gasteiger charge is 2.21. The van der Waals surface area contributed by atoms with E-state index in [1.807, 2.05) is 17.0 Å². The number of hydrogen-bond donors (Lipinski definition) is 2. The maximum Gasteiger partial charge on any atom is 0.325 e. The number of amides is 1. The summed E-state index contributed by atoms with van der Waals surface area (Å²) in [5, 5.41) is 9.63. The lowest BCUT2D eigenvalue weighted by atomic mass is 10.2. The number of H-pyrrole nitrogens is 2. The first-order chi connectivity index (χ1) is 14.5. The predicted octanol–water partition coefficient (Wildman–Crippen LogP) is 1.60. The highest BCUT2D eigenvalue weighted by Crippen LogP contribution is 2.25. The van der Waals surface area contributed by atoms with E-state index in [4.69, 9.17) is 11.6 Å². The van der Waals surface area contributed by atoms with Crippen molar-refractivity contribution in [2.45, 2.75) is 24.4 Å². The van der Waals surface area contributed by atoms with Crippen LogP contribution in [0.2, 0.25) is 5.02 Å². The number of thioether (sulfide) groups is 1. The summed E-state index contributed by atoms with van der Waals surface area (Å²) in [5.41, 5.74) is 0.108. The largest absolute Gasteiger partial charge is 0.342 e. The number of benzene rings is 1. The van der Waals surface area contributed by atoms with Crippen LogP contribution in [0.4, 0.5) is 0 Å². The first-order valence-electron chi connectivity index (χ1n) is 9.43. The van der Waals surface area contributed by atoms with E-state index in [-0.39, 0.29) is 18.1 Å². The van der Waals surface area contributed by atoms with Gasteiger partial charge in [-0.05, 0) is 37.1 Å². The van der Waals surface area contributed by atoms with Gasteiger partial charge in [0.1, 0.15) is 5.82 Å². The van der Waals surface area contributed by atoms with E-state index in [2.05, 4.69) is 20.2 Å². The first-order valence-corrected chi connectivity index (χ1v) is 10.8. The van der Waals surface area contributed by atoms with E-state index in [1.165, 1.54) is 17.8 Å². The van der Waals surface area contributed by atoms with Crippen molar-refractivity contribution in [1.29, 1.82) is 0 Å². The predicted molar refractivity (Wildman–Crippen MR) is 113 cm³/mol. The van der Waals surface area contributed by atoms with Gasteiger partial charge in [-0.2, -0.15) is 0 Å². The molecule has 0 unspecified atom stereocenters. The molecule has 1 saturated heterocycles. The van der Waals surface area contributed by atoms with Gasteiger partial charge in [-0.3, -0.25) is 19.1 Å². The summed E-state index contributed by atoms with van der Waals surface area (Å²) in [7, 11) is 0. The average molecular weight is 447 g/mol. The van der Waals surface area contributed by atoms with Crippen molar-refractivity contribution in [3.05, 3.63) is 67.7 Å². The number of hydrogen-bond acceptors (Lipinski definition) is 6. The van der Waals surface area contributed by atoms with Crippen molar-refractivity contribution in [2.24, 2.45) is 0 Å². The van der Waals surface area contributed by atoms with E-state index in [0.717, 1.165) is 31.6 Å². The van der Waals surface area contributed by atoms with Crippen molar-refractivity contribution in [1.82, 2.24) is 29.6 Å². The summed E-state index contributed by atoms with van der Waals surface area (Å²) in [6, 6.07) is 8.45. The molecule has 1 amide bonds. The molecule has 1 fully saturated rings. The molecule has 156 valence electrons. The topological polar surface area (TPSA) is 117 Å². The lowest BCUT2D eigenvalue weighted by Crippen LogP contribution is -2.29. The molecule has 4 rings (SSSR count). The van der Waals surface area contributed by atoms with Crippen LogP contribution in [-0.2, 0) is 11.2 Å². The van der Waals surface area contributed by atoms with Crippen LogP contribution in [-0.4, -0.2) is 54.4 Å². The number of aromatic amines is 2. The standard InChI is InChI=1S/C19H19ClN6O3S/c20-12-3-5-14(6-4-12)26-15(9-13-10-16(27)22-18(29)21-13)23-24-19(26)30-11-17(28)25-7-1-2-8-25/h3-6,10H,1-2,7-9,11H2,(H2,21,22,27,29). The van der Waals surface area contributed by atoms with Crippen LogP contribution >= 0.6 is 23.4 Å². The molecule has 1 aliphatic heterocycles. The normalized spacial score (nSPS) is 13.7. The van der Waals surface area contributed by atoms with Gasteiger partial charge >= 0.3 is 5.69 Å². The number of aromatic nitrogens is 5. The Balaban J connectivity index is 1.64. The molecule has 0 spiro atoms. The maximum absolute atomic E-state index is 12.4. The first kappa shape index (κ1) is 20.4. The van der Waals surface area contributed by atoms with Crippen molar-refractivity contribution in [3.63, 3.8) is 0 Å². The maximum atomic E-state index is 12.4. The molecule has 9 nitrogen and oxygen atoms in total. The fraction of sp³-hybridized carbons (Fsp3) is 0.316. The number of nitrogens with one attached hydrogen (secondary N) is 2. The quantitative estimate of drug-likeness (QED) is 0.555. The monoisotopic (exact) mass is 446 g/mol. The molecule has 11 heteroatoms. The number of halogens is 1. The molecule has 30 heavy (non-hydrogen) atoms. The van der Waals surface area contributed by atoms with Gasteiger partial charge < -0.3 is 9.88 Å². The van der Waals surface area contributed by atoms with Gasteiger partial charge in [-0.25, -0.2) is 4.79 Å². The molecule has 2 aromatic heterocycles. The molecule has 0 bridgehead atoms. The minimum Gasteiger partial charge on any atom is -0.342 e. The number of nitrogens with zero attached hydrogens (tertiary/aromatic N) is 4. The van der Waals surface area contributed by atoms with Crippen LogP contribution in [0.1, 0.15) is 24.4 Å². The zero-order chi connectivity index (χ0) is 21.1. The number of rotatable bonds is 6. The zero-order valence-electron chi connectivity index (χ0n) is 15.9. The van der Waals surface area contributed by atoms with Crippen molar-refractivity contribution in [2.75, 3.05) is 18.8 Å². The molecule has 3 heterocycles. The van der Waals surface area contributed by atoms with Gasteiger partial charge in [0.2, 0.25) is 5.91 Å². The third-order valence-corrected chi connectivity index (χ3v) is 5.90. The average Bonchev–Trinajstić information content (AvgIpc) is 3.36. The Kier molecular flexibility index (Phi) is 6.05. The number of carbonyl (C=O) groups is 1. The van der Waals surface area contributed by atoms with Crippen LogP contribution in [0.5, 0.6) is 0 Å². The van der Waals surface area contributed by atoms with E-state index in [0.29, 0.717) is 21.7 Å². The Morgan fingerprint density at radius 2 is 1.83 bits per heavy atom. The van der Waals surface area contributed by atoms with Crippen LogP contribution in [0.15, 0.2) is 45.1 Å². The SMILES string of the molecule is O=C(CSc1nnc(Cc2cc(=O)[nH]c(=O)[nH]2)n1-c1ccc(Cl)cc1)N1CCCC1. The number of carbonyl (C=O) groups excluding carboxylic acids is 1. The van der Waals surface area contributed by atoms with E-state index >= 15 is 0 Å². The van der Waals surface area contributed by atoms with Gasteiger partial charge in [-0.15, -0.1) is 10.2 Å². The molecule has 0 atom stereocenters. The van der Waals surface area contributed by atoms with Gasteiger partial charge in [-0.1, -0.05) is 23.4 Å². The molecule has 1 aliphatic rings. The van der Waals surface area contributed by atoms with Crippen molar-refractivity contribution < 1.29 is 4.79 Å². The van der Waals surface area contributed by atoms with Gasteiger partial charge in [0, 0.05) is 42.0 Å². The van der Waals surface area contributed by atoms with Crippen LogP contribution in [0, 0.1) is 0 Å². The Hall–Kier alpha value is -2.85. The van der Waals surface area contributed by atoms with E-state index in [9.17, 15) is 14.4 Å². The third-order valence-electron chi connectivity index (χ3n) is 4.73. The molecule has 2 N–H and O–H groups in total. The zero-order valence-corrected chi connectivity index (χ0v) is 17.5.